The summed E-state index contributed by atoms with van der Waals surface area (Å²) in [6.45, 7) is 0. The molecule has 1 saturated heterocycles. The average molecular weight is 624 g/mol. The van der Waals surface area contributed by atoms with Crippen LogP contribution in [0.25, 0.3) is 0 Å². The van der Waals surface area contributed by atoms with Crippen LogP contribution in [0.5, 0.6) is 0 Å². The number of amides is 5. The van der Waals surface area contributed by atoms with Crippen molar-refractivity contribution in [1.29, 1.82) is 0 Å². The highest BCUT2D eigenvalue weighted by Crippen LogP contribution is 2.41. The zero-order valence-corrected chi connectivity index (χ0v) is 23.4. The number of rotatable bonds is 4. The first-order chi connectivity index (χ1) is 20.9. The molecular weight excluding hydrogens is 603 g/mol. The number of halogens is 4. The quantitative estimate of drug-likeness (QED) is 0.335. The van der Waals surface area contributed by atoms with Crippen LogP contribution in [-0.2, 0) is 26.1 Å². The summed E-state index contributed by atoms with van der Waals surface area (Å²) in [5.74, 6) is 2.92. The maximum absolute atomic E-state index is 13.3. The largest absolute Gasteiger partial charge is 0.416 e. The normalized spacial score (nSPS) is 19.1. The van der Waals surface area contributed by atoms with E-state index < -0.39 is 52.9 Å². The lowest BCUT2D eigenvalue weighted by molar-refractivity contribution is -0.138. The summed E-state index contributed by atoms with van der Waals surface area (Å²) in [5, 5.41) is 8.84. The molecule has 3 aliphatic rings. The Morgan fingerprint density at radius 3 is 2.41 bits per heavy atom. The number of carbonyl (C=O) groups is 5. The number of anilines is 1. The van der Waals surface area contributed by atoms with E-state index in [0.717, 1.165) is 29.5 Å². The summed E-state index contributed by atoms with van der Waals surface area (Å²) < 4.78 is 40.4. The molecule has 5 amide bonds. The topological polar surface area (TPSA) is 130 Å². The van der Waals surface area contributed by atoms with Crippen molar-refractivity contribution in [3.05, 3.63) is 81.6 Å². The van der Waals surface area contributed by atoms with Crippen LogP contribution >= 0.6 is 11.6 Å². The van der Waals surface area contributed by atoms with Gasteiger partial charge in [0.25, 0.3) is 17.7 Å². The van der Waals surface area contributed by atoms with Gasteiger partial charge in [0.15, 0.2) is 0 Å². The molecule has 6 rings (SSSR count). The second kappa shape index (κ2) is 10.6. The van der Waals surface area contributed by atoms with Gasteiger partial charge in [-0.25, -0.2) is 0 Å². The molecular formula is C30H21ClF3N5O5. The predicted molar refractivity (Wildman–Crippen MR) is 148 cm³/mol. The van der Waals surface area contributed by atoms with Crippen molar-refractivity contribution in [2.45, 2.75) is 49.9 Å². The second-order valence-corrected chi connectivity index (χ2v) is 11.1. The smallest absolute Gasteiger partial charge is 0.323 e. The lowest BCUT2D eigenvalue weighted by atomic mass is 9.76. The first-order valence-electron chi connectivity index (χ1n) is 13.5. The van der Waals surface area contributed by atoms with Crippen molar-refractivity contribution in [2.24, 2.45) is 0 Å². The SMILES string of the molecule is O=C1CCC(N2C(=O)c3ccc(C#Cc4cnn(C5(C(=O)Nc6ccc(C(F)(F)F)cc6Cl)CCC5)c4)cc3C2=O)C(=O)N1. The zero-order valence-electron chi connectivity index (χ0n) is 22.6. The third-order valence-corrected chi connectivity index (χ3v) is 8.27. The highest BCUT2D eigenvalue weighted by molar-refractivity contribution is 6.33. The monoisotopic (exact) mass is 623 g/mol. The van der Waals surface area contributed by atoms with E-state index in [4.69, 9.17) is 11.6 Å². The third kappa shape index (κ3) is 5.01. The maximum atomic E-state index is 13.3. The molecule has 0 bridgehead atoms. The number of benzene rings is 2. The Morgan fingerprint density at radius 1 is 1.02 bits per heavy atom. The van der Waals surface area contributed by atoms with Gasteiger partial charge in [-0.05, 0) is 62.1 Å². The molecule has 0 spiro atoms. The molecule has 2 N–H and O–H groups in total. The lowest BCUT2D eigenvalue weighted by Crippen LogP contribution is -2.54. The molecule has 3 aromatic rings. The molecule has 1 aliphatic carbocycles. The molecule has 1 aromatic heterocycles. The number of nitrogens with zero attached hydrogens (tertiary/aromatic N) is 3. The van der Waals surface area contributed by atoms with Crippen LogP contribution in [0.3, 0.4) is 0 Å². The lowest BCUT2D eigenvalue weighted by Gasteiger charge is -2.40. The molecule has 1 saturated carbocycles. The van der Waals surface area contributed by atoms with Crippen molar-refractivity contribution in [3.8, 4) is 11.8 Å². The summed E-state index contributed by atoms with van der Waals surface area (Å²) in [6, 6.07) is 6.08. The van der Waals surface area contributed by atoms with Crippen molar-refractivity contribution in [1.82, 2.24) is 20.0 Å². The Balaban J connectivity index is 1.19. The molecule has 2 fully saturated rings. The first kappa shape index (κ1) is 29.1. The van der Waals surface area contributed by atoms with Crippen molar-refractivity contribution in [3.63, 3.8) is 0 Å². The number of carbonyl (C=O) groups excluding carboxylic acids is 5. The van der Waals surface area contributed by atoms with Crippen LogP contribution in [-0.4, -0.2) is 50.3 Å². The minimum atomic E-state index is -4.57. The summed E-state index contributed by atoms with van der Waals surface area (Å²) in [6.07, 6.45) is 0.130. The van der Waals surface area contributed by atoms with Crippen molar-refractivity contribution < 1.29 is 37.1 Å². The standard InChI is InChI=1S/C30H21ClF3N5O5/c31-21-13-18(30(32,33)34)5-7-22(21)36-28(44)29(10-1-11-29)38-15-17(14-35-38)3-2-16-4-6-19-20(12-16)27(43)39(26(19)42)23-8-9-24(40)37-25(23)41/h4-7,12-15,23H,1,8-11H2,(H,36,44)(H,37,40,41). The van der Waals surface area contributed by atoms with Crippen molar-refractivity contribution >= 4 is 46.8 Å². The van der Waals surface area contributed by atoms with Gasteiger partial charge in [-0.2, -0.15) is 18.3 Å². The van der Waals surface area contributed by atoms with E-state index in [0.29, 0.717) is 24.0 Å². The molecule has 2 aromatic carbocycles. The summed E-state index contributed by atoms with van der Waals surface area (Å²) in [7, 11) is 0. The van der Waals surface area contributed by atoms with E-state index in [1.165, 1.54) is 23.0 Å². The molecule has 3 heterocycles. The maximum Gasteiger partial charge on any atom is 0.416 e. The van der Waals surface area contributed by atoms with E-state index >= 15 is 0 Å². The molecule has 14 heteroatoms. The Morgan fingerprint density at radius 2 is 1.75 bits per heavy atom. The highest BCUT2D eigenvalue weighted by atomic mass is 35.5. The van der Waals surface area contributed by atoms with Gasteiger partial charge in [-0.3, -0.25) is 38.9 Å². The van der Waals surface area contributed by atoms with Crippen molar-refractivity contribution in [2.75, 3.05) is 5.32 Å². The summed E-state index contributed by atoms with van der Waals surface area (Å²) >= 11 is 6.02. The van der Waals surface area contributed by atoms with Crippen LogP contribution in [0.1, 0.15) is 69.5 Å². The minimum Gasteiger partial charge on any atom is -0.323 e. The Labute approximate surface area is 252 Å². The van der Waals surface area contributed by atoms with Gasteiger partial charge in [-0.15, -0.1) is 0 Å². The second-order valence-electron chi connectivity index (χ2n) is 10.7. The molecule has 1 unspecified atom stereocenters. The van der Waals surface area contributed by atoms with Gasteiger partial charge in [0.1, 0.15) is 11.6 Å². The Kier molecular flexibility index (Phi) is 7.04. The third-order valence-electron chi connectivity index (χ3n) is 7.96. The highest BCUT2D eigenvalue weighted by Gasteiger charge is 2.47. The van der Waals surface area contributed by atoms with E-state index in [9.17, 15) is 37.1 Å². The number of alkyl halides is 3. The molecule has 1 atom stereocenters. The predicted octanol–water partition coefficient (Wildman–Crippen LogP) is 3.87. The van der Waals surface area contributed by atoms with E-state index in [2.05, 4.69) is 27.6 Å². The number of aromatic nitrogens is 2. The number of imide groups is 2. The van der Waals surface area contributed by atoms with Gasteiger partial charge in [0, 0.05) is 18.2 Å². The number of hydrogen-bond donors (Lipinski definition) is 2. The van der Waals surface area contributed by atoms with Crippen LogP contribution in [0.4, 0.5) is 18.9 Å². The molecule has 0 radical (unpaired) electrons. The number of hydrogen-bond acceptors (Lipinski definition) is 6. The van der Waals surface area contributed by atoms with Crippen LogP contribution < -0.4 is 10.6 Å². The van der Waals surface area contributed by atoms with E-state index in [1.807, 2.05) is 0 Å². The number of nitrogens with one attached hydrogen (secondary N) is 2. The summed E-state index contributed by atoms with van der Waals surface area (Å²) in [5.41, 5.74) is -0.880. The molecule has 10 nitrogen and oxygen atoms in total. The molecule has 2 aliphatic heterocycles. The molecule has 44 heavy (non-hydrogen) atoms. The van der Waals surface area contributed by atoms with Crippen LogP contribution in [0.15, 0.2) is 48.8 Å². The van der Waals surface area contributed by atoms with Gasteiger partial charge in [-0.1, -0.05) is 23.4 Å². The Bertz CT molecular complexity index is 1840. The molecule has 224 valence electrons. The summed E-state index contributed by atoms with van der Waals surface area (Å²) in [4.78, 5) is 63.9. The van der Waals surface area contributed by atoms with Crippen LogP contribution in [0.2, 0.25) is 5.02 Å². The fourth-order valence-electron chi connectivity index (χ4n) is 5.42. The fourth-order valence-corrected chi connectivity index (χ4v) is 5.65. The fraction of sp³-hybridized carbons (Fsp3) is 0.267. The van der Waals surface area contributed by atoms with Gasteiger partial charge >= 0.3 is 6.18 Å². The van der Waals surface area contributed by atoms with Gasteiger partial charge in [0.05, 0.1) is 39.2 Å². The Hall–Kier alpha value is -4.96. The van der Waals surface area contributed by atoms with E-state index in [-0.39, 0.29) is 34.7 Å². The van der Waals surface area contributed by atoms with Crippen LogP contribution in [0, 0.1) is 11.8 Å². The number of piperidine rings is 1. The number of fused-ring (bicyclic) bond motifs is 1. The zero-order chi connectivity index (χ0) is 31.4. The van der Waals surface area contributed by atoms with Gasteiger partial charge < -0.3 is 5.32 Å². The average Bonchev–Trinajstić information content (AvgIpc) is 3.50. The first-order valence-corrected chi connectivity index (χ1v) is 13.9. The minimum absolute atomic E-state index is 0.0139. The van der Waals surface area contributed by atoms with Gasteiger partial charge in [0.2, 0.25) is 11.8 Å². The van der Waals surface area contributed by atoms with E-state index in [1.54, 1.807) is 12.3 Å².